The Hall–Kier alpha value is -1.40. The first-order valence-corrected chi connectivity index (χ1v) is 9.69. The van der Waals surface area contributed by atoms with Crippen molar-refractivity contribution in [2.75, 3.05) is 32.5 Å². The summed E-state index contributed by atoms with van der Waals surface area (Å²) in [5, 5.41) is 3.02. The highest BCUT2D eigenvalue weighted by Crippen LogP contribution is 2.12. The van der Waals surface area contributed by atoms with Crippen molar-refractivity contribution in [1.29, 1.82) is 0 Å². The summed E-state index contributed by atoms with van der Waals surface area (Å²) in [6.45, 7) is 4.29. The van der Waals surface area contributed by atoms with E-state index in [9.17, 15) is 9.00 Å². The van der Waals surface area contributed by atoms with Crippen LogP contribution in [-0.4, -0.2) is 59.0 Å². The normalized spacial score (nSPS) is 20.8. The zero-order valence-electron chi connectivity index (χ0n) is 13.9. The molecule has 23 heavy (non-hydrogen) atoms. The molecular formula is C17H26N2O3S. The number of morpholine rings is 1. The van der Waals surface area contributed by atoms with E-state index in [0.29, 0.717) is 26.2 Å². The molecule has 3 atom stereocenters. The van der Waals surface area contributed by atoms with Gasteiger partial charge in [0.1, 0.15) is 0 Å². The van der Waals surface area contributed by atoms with Gasteiger partial charge in [0.2, 0.25) is 0 Å². The van der Waals surface area contributed by atoms with Crippen LogP contribution in [0.3, 0.4) is 0 Å². The molecule has 0 aliphatic carbocycles. The Kier molecular flexibility index (Phi) is 7.05. The summed E-state index contributed by atoms with van der Waals surface area (Å²) in [5.74, 6) is 0. The Labute approximate surface area is 140 Å². The van der Waals surface area contributed by atoms with Gasteiger partial charge in [-0.3, -0.25) is 4.21 Å². The van der Waals surface area contributed by atoms with Gasteiger partial charge in [-0.2, -0.15) is 0 Å². The van der Waals surface area contributed by atoms with Crippen molar-refractivity contribution in [3.63, 3.8) is 0 Å². The summed E-state index contributed by atoms with van der Waals surface area (Å²) in [7, 11) is -0.843. The van der Waals surface area contributed by atoms with E-state index in [0.717, 1.165) is 12.8 Å². The highest BCUT2D eigenvalue weighted by Gasteiger charge is 2.24. The van der Waals surface area contributed by atoms with Gasteiger partial charge in [0, 0.05) is 48.4 Å². The fourth-order valence-electron chi connectivity index (χ4n) is 2.56. The molecule has 5 nitrogen and oxygen atoms in total. The molecule has 0 aromatic heterocycles. The van der Waals surface area contributed by atoms with Gasteiger partial charge in [-0.25, -0.2) is 4.79 Å². The second-order valence-electron chi connectivity index (χ2n) is 5.96. The van der Waals surface area contributed by atoms with Crippen LogP contribution < -0.4 is 5.32 Å². The van der Waals surface area contributed by atoms with Crippen molar-refractivity contribution in [3.05, 3.63) is 35.9 Å². The highest BCUT2D eigenvalue weighted by atomic mass is 32.2. The fraction of sp³-hybridized carbons (Fsp3) is 0.588. The lowest BCUT2D eigenvalue weighted by Crippen LogP contribution is -2.50. The third kappa shape index (κ3) is 5.95. The fourth-order valence-corrected chi connectivity index (χ4v) is 3.01. The van der Waals surface area contributed by atoms with E-state index in [4.69, 9.17) is 4.74 Å². The zero-order chi connectivity index (χ0) is 16.7. The maximum absolute atomic E-state index is 12.2. The van der Waals surface area contributed by atoms with E-state index in [1.165, 1.54) is 5.56 Å². The first-order valence-electron chi connectivity index (χ1n) is 8.07. The molecule has 1 aromatic carbocycles. The van der Waals surface area contributed by atoms with E-state index in [-0.39, 0.29) is 17.4 Å². The second kappa shape index (κ2) is 9.03. The third-order valence-electron chi connectivity index (χ3n) is 4.13. The van der Waals surface area contributed by atoms with Gasteiger partial charge in [-0.15, -0.1) is 0 Å². The summed E-state index contributed by atoms with van der Waals surface area (Å²) >= 11 is 0. The van der Waals surface area contributed by atoms with Crippen LogP contribution in [0.4, 0.5) is 4.79 Å². The monoisotopic (exact) mass is 338 g/mol. The summed E-state index contributed by atoms with van der Waals surface area (Å²) in [5.41, 5.74) is 1.22. The molecule has 2 rings (SSSR count). The first kappa shape index (κ1) is 17.9. The van der Waals surface area contributed by atoms with Crippen molar-refractivity contribution >= 4 is 16.8 Å². The highest BCUT2D eigenvalue weighted by molar-refractivity contribution is 7.84. The maximum atomic E-state index is 12.2. The molecule has 0 spiro atoms. The van der Waals surface area contributed by atoms with E-state index in [1.54, 1.807) is 6.26 Å². The number of rotatable bonds is 6. The molecule has 1 aliphatic rings. The number of benzene rings is 1. The molecule has 1 fully saturated rings. The lowest BCUT2D eigenvalue weighted by atomic mass is 10.1. The van der Waals surface area contributed by atoms with Crippen molar-refractivity contribution in [2.45, 2.75) is 31.1 Å². The minimum absolute atomic E-state index is 0.0407. The Balaban J connectivity index is 1.76. The van der Waals surface area contributed by atoms with Crippen LogP contribution in [-0.2, 0) is 22.0 Å². The van der Waals surface area contributed by atoms with Crippen LogP contribution in [0.1, 0.15) is 18.9 Å². The zero-order valence-corrected chi connectivity index (χ0v) is 14.7. The quantitative estimate of drug-likeness (QED) is 0.860. The number of hydrogen-bond donors (Lipinski definition) is 1. The van der Waals surface area contributed by atoms with Crippen molar-refractivity contribution < 1.29 is 13.7 Å². The van der Waals surface area contributed by atoms with Crippen LogP contribution >= 0.6 is 0 Å². The Morgan fingerprint density at radius 2 is 2.17 bits per heavy atom. The van der Waals surface area contributed by atoms with Crippen molar-refractivity contribution in [3.8, 4) is 0 Å². The van der Waals surface area contributed by atoms with Crippen LogP contribution in [0.5, 0.6) is 0 Å². The second-order valence-corrected chi connectivity index (χ2v) is 7.76. The standard InChI is InChI=1S/C17H26N2O3S/c1-14(23(2)21)8-9-18-17(20)19-10-11-22-16(13-19)12-15-6-4-3-5-7-15/h3-7,14,16H,8-13H2,1-2H3,(H,18,20)/t14-,16-,23-/m1/s1. The summed E-state index contributed by atoms with van der Waals surface area (Å²) in [6.07, 6.45) is 3.28. The molecule has 2 amide bonds. The number of ether oxygens (including phenoxy) is 1. The maximum Gasteiger partial charge on any atom is 0.317 e. The number of carbonyl (C=O) groups excluding carboxylic acids is 1. The van der Waals surface area contributed by atoms with E-state index < -0.39 is 10.8 Å². The minimum atomic E-state index is -0.843. The van der Waals surface area contributed by atoms with Crippen molar-refractivity contribution in [1.82, 2.24) is 10.2 Å². The molecule has 0 radical (unpaired) electrons. The molecule has 1 aliphatic heterocycles. The number of urea groups is 1. The predicted molar refractivity (Wildman–Crippen MR) is 93.0 cm³/mol. The SMILES string of the molecule is C[C@H](CCNC(=O)N1CCO[C@H](Cc2ccccc2)C1)[S@@](C)=O. The van der Waals surface area contributed by atoms with Gasteiger partial charge in [0.05, 0.1) is 12.7 Å². The van der Waals surface area contributed by atoms with Crippen LogP contribution in [0.2, 0.25) is 0 Å². The molecule has 0 bridgehead atoms. The van der Waals surface area contributed by atoms with Gasteiger partial charge < -0.3 is 15.0 Å². The third-order valence-corrected chi connectivity index (χ3v) is 5.49. The average molecular weight is 338 g/mol. The molecule has 0 saturated carbocycles. The lowest BCUT2D eigenvalue weighted by molar-refractivity contribution is -0.0132. The molecule has 1 heterocycles. The predicted octanol–water partition coefficient (Wildman–Crippen LogP) is 1.80. The molecule has 128 valence electrons. The van der Waals surface area contributed by atoms with Gasteiger partial charge in [-0.1, -0.05) is 37.3 Å². The average Bonchev–Trinajstić information content (AvgIpc) is 2.55. The number of nitrogens with zero attached hydrogens (tertiary/aromatic N) is 1. The van der Waals surface area contributed by atoms with Gasteiger partial charge in [0.25, 0.3) is 0 Å². The number of hydrogen-bond acceptors (Lipinski definition) is 3. The number of nitrogens with one attached hydrogen (secondary N) is 1. The summed E-state index contributed by atoms with van der Waals surface area (Å²) < 4.78 is 17.1. The molecule has 6 heteroatoms. The summed E-state index contributed by atoms with van der Waals surface area (Å²) in [4.78, 5) is 14.0. The number of carbonyl (C=O) groups is 1. The van der Waals surface area contributed by atoms with Crippen LogP contribution in [0.25, 0.3) is 0 Å². The first-order chi connectivity index (χ1) is 11.1. The summed E-state index contributed by atoms with van der Waals surface area (Å²) in [6, 6.07) is 10.1. The van der Waals surface area contributed by atoms with E-state index >= 15 is 0 Å². The Morgan fingerprint density at radius 1 is 1.43 bits per heavy atom. The minimum Gasteiger partial charge on any atom is -0.374 e. The van der Waals surface area contributed by atoms with Gasteiger partial charge in [-0.05, 0) is 12.0 Å². The van der Waals surface area contributed by atoms with E-state index in [1.807, 2.05) is 30.0 Å². The number of amides is 2. The lowest BCUT2D eigenvalue weighted by Gasteiger charge is -2.33. The Morgan fingerprint density at radius 3 is 2.87 bits per heavy atom. The smallest absolute Gasteiger partial charge is 0.317 e. The molecule has 1 saturated heterocycles. The molecular weight excluding hydrogens is 312 g/mol. The van der Waals surface area contributed by atoms with Crippen molar-refractivity contribution in [2.24, 2.45) is 0 Å². The molecule has 0 unspecified atom stereocenters. The van der Waals surface area contributed by atoms with Crippen LogP contribution in [0, 0.1) is 0 Å². The topological polar surface area (TPSA) is 58.6 Å². The molecule has 1 N–H and O–H groups in total. The van der Waals surface area contributed by atoms with E-state index in [2.05, 4.69) is 17.4 Å². The largest absolute Gasteiger partial charge is 0.374 e. The van der Waals surface area contributed by atoms with Crippen LogP contribution in [0.15, 0.2) is 30.3 Å². The Bertz CT molecular complexity index is 524. The van der Waals surface area contributed by atoms with Gasteiger partial charge in [0.15, 0.2) is 0 Å². The molecule has 1 aromatic rings. The van der Waals surface area contributed by atoms with Gasteiger partial charge >= 0.3 is 6.03 Å².